The highest BCUT2D eigenvalue weighted by Crippen LogP contribution is 2.18. The molecule has 0 amide bonds. The maximum absolute atomic E-state index is 4.51. The van der Waals surface area contributed by atoms with Gasteiger partial charge in [-0.15, -0.1) is 0 Å². The maximum atomic E-state index is 4.51. The Hall–Kier alpha value is -1.18. The van der Waals surface area contributed by atoms with Gasteiger partial charge in [-0.05, 0) is 30.4 Å². The van der Waals surface area contributed by atoms with Crippen LogP contribution in [0.1, 0.15) is 0 Å². The third kappa shape index (κ3) is 2.16. The van der Waals surface area contributed by atoms with Gasteiger partial charge in [0.2, 0.25) is 0 Å². The number of hydrogen-bond acceptors (Lipinski definition) is 3. The predicted octanol–water partition coefficient (Wildman–Crippen LogP) is 2.49. The Morgan fingerprint density at radius 3 is 2.75 bits per heavy atom. The van der Waals surface area contributed by atoms with Gasteiger partial charge in [0.1, 0.15) is 0 Å². The fourth-order valence-electron chi connectivity index (χ4n) is 0.893. The summed E-state index contributed by atoms with van der Waals surface area (Å²) in [5, 5.41) is 2.34. The van der Waals surface area contributed by atoms with Crippen LogP contribution >= 0.6 is 12.2 Å². The molecule has 0 N–H and O–H groups in total. The fraction of sp³-hybridized carbons (Fsp3) is 0.222. The van der Waals surface area contributed by atoms with E-state index in [1.807, 2.05) is 43.3 Å². The zero-order chi connectivity index (χ0) is 8.97. The minimum Gasteiger partial charge on any atom is -0.378 e. The normalized spacial score (nSPS) is 8.83. The van der Waals surface area contributed by atoms with Gasteiger partial charge in [-0.1, -0.05) is 6.07 Å². The lowest BCUT2D eigenvalue weighted by molar-refractivity contribution is 1.13. The van der Waals surface area contributed by atoms with Crippen LogP contribution in [0.2, 0.25) is 0 Å². The summed E-state index contributed by atoms with van der Waals surface area (Å²) < 4.78 is 0. The summed E-state index contributed by atoms with van der Waals surface area (Å²) in [7, 11) is 3.97. The van der Waals surface area contributed by atoms with E-state index in [-0.39, 0.29) is 0 Å². The number of isothiocyanates is 1. The SMILES string of the molecule is CN(C)c1cccc(N=C=S)c1. The van der Waals surface area contributed by atoms with Crippen molar-refractivity contribution in [2.75, 3.05) is 19.0 Å². The van der Waals surface area contributed by atoms with Crippen LogP contribution in [0.4, 0.5) is 11.4 Å². The molecule has 0 aromatic heterocycles. The molecule has 0 saturated heterocycles. The van der Waals surface area contributed by atoms with Crippen molar-refractivity contribution in [3.05, 3.63) is 24.3 Å². The van der Waals surface area contributed by atoms with E-state index in [0.29, 0.717) is 0 Å². The van der Waals surface area contributed by atoms with E-state index in [1.54, 1.807) is 0 Å². The first-order chi connectivity index (χ1) is 5.74. The molecule has 2 nitrogen and oxygen atoms in total. The number of hydrogen-bond donors (Lipinski definition) is 0. The summed E-state index contributed by atoms with van der Waals surface area (Å²) in [6, 6.07) is 7.81. The Morgan fingerprint density at radius 1 is 1.42 bits per heavy atom. The predicted molar refractivity (Wildman–Crippen MR) is 55.5 cm³/mol. The molecule has 0 radical (unpaired) electrons. The Labute approximate surface area is 77.5 Å². The molecule has 0 atom stereocenters. The molecule has 1 rings (SSSR count). The third-order valence-corrected chi connectivity index (χ3v) is 1.61. The number of rotatable bonds is 2. The minimum atomic E-state index is 0.844. The molecule has 12 heavy (non-hydrogen) atoms. The number of benzene rings is 1. The van der Waals surface area contributed by atoms with Crippen LogP contribution in [0.15, 0.2) is 29.3 Å². The van der Waals surface area contributed by atoms with Crippen molar-refractivity contribution >= 4 is 28.8 Å². The van der Waals surface area contributed by atoms with Crippen LogP contribution in [0.5, 0.6) is 0 Å². The number of anilines is 1. The van der Waals surface area contributed by atoms with E-state index < -0.39 is 0 Å². The highest BCUT2D eigenvalue weighted by molar-refractivity contribution is 7.78. The van der Waals surface area contributed by atoms with Crippen LogP contribution in [0.25, 0.3) is 0 Å². The largest absolute Gasteiger partial charge is 0.378 e. The van der Waals surface area contributed by atoms with Crippen LogP contribution in [0.3, 0.4) is 0 Å². The summed E-state index contributed by atoms with van der Waals surface area (Å²) in [4.78, 5) is 5.90. The molecular formula is C9H10N2S. The lowest BCUT2D eigenvalue weighted by atomic mass is 10.3. The van der Waals surface area contributed by atoms with Gasteiger partial charge in [0.05, 0.1) is 10.8 Å². The first-order valence-corrected chi connectivity index (χ1v) is 4.00. The van der Waals surface area contributed by atoms with Crippen molar-refractivity contribution in [1.29, 1.82) is 0 Å². The van der Waals surface area contributed by atoms with E-state index in [9.17, 15) is 0 Å². The van der Waals surface area contributed by atoms with E-state index in [2.05, 4.69) is 22.4 Å². The molecule has 0 aliphatic carbocycles. The van der Waals surface area contributed by atoms with Crippen molar-refractivity contribution in [3.8, 4) is 0 Å². The minimum absolute atomic E-state index is 0.844. The molecule has 0 fully saturated rings. The van der Waals surface area contributed by atoms with E-state index in [1.165, 1.54) is 0 Å². The van der Waals surface area contributed by atoms with Crippen molar-refractivity contribution in [2.45, 2.75) is 0 Å². The first kappa shape index (κ1) is 8.91. The van der Waals surface area contributed by atoms with Crippen LogP contribution in [-0.2, 0) is 0 Å². The number of aliphatic imine (C=N–C) groups is 1. The molecule has 0 bridgehead atoms. The smallest absolute Gasteiger partial charge is 0.0760 e. The Balaban J connectivity index is 3.03. The van der Waals surface area contributed by atoms with Crippen LogP contribution in [-0.4, -0.2) is 19.3 Å². The van der Waals surface area contributed by atoms with Gasteiger partial charge in [0.15, 0.2) is 0 Å². The summed E-state index contributed by atoms with van der Waals surface area (Å²) >= 11 is 4.51. The average molecular weight is 178 g/mol. The van der Waals surface area contributed by atoms with Gasteiger partial charge in [-0.25, -0.2) is 0 Å². The lowest BCUT2D eigenvalue weighted by Gasteiger charge is -2.11. The lowest BCUT2D eigenvalue weighted by Crippen LogP contribution is -2.07. The Kier molecular flexibility index (Phi) is 2.97. The molecule has 0 spiro atoms. The van der Waals surface area contributed by atoms with Gasteiger partial charge >= 0.3 is 0 Å². The summed E-state index contributed by atoms with van der Waals surface area (Å²) in [5.41, 5.74) is 1.96. The van der Waals surface area contributed by atoms with Crippen LogP contribution in [0, 0.1) is 0 Å². The number of thiocarbonyl (C=S) groups is 1. The van der Waals surface area contributed by atoms with Crippen molar-refractivity contribution in [1.82, 2.24) is 0 Å². The van der Waals surface area contributed by atoms with E-state index >= 15 is 0 Å². The van der Waals surface area contributed by atoms with E-state index in [4.69, 9.17) is 0 Å². The fourth-order valence-corrected chi connectivity index (χ4v) is 0.999. The van der Waals surface area contributed by atoms with Gasteiger partial charge < -0.3 is 4.90 Å². The highest BCUT2D eigenvalue weighted by Gasteiger charge is 1.94. The molecule has 0 aliphatic heterocycles. The average Bonchev–Trinajstić information content (AvgIpc) is 2.05. The van der Waals surface area contributed by atoms with Crippen LogP contribution < -0.4 is 4.90 Å². The second kappa shape index (κ2) is 4.00. The van der Waals surface area contributed by atoms with Gasteiger partial charge in [-0.3, -0.25) is 0 Å². The quantitative estimate of drug-likeness (QED) is 0.510. The van der Waals surface area contributed by atoms with Crippen molar-refractivity contribution in [3.63, 3.8) is 0 Å². The van der Waals surface area contributed by atoms with Crippen molar-refractivity contribution < 1.29 is 0 Å². The van der Waals surface area contributed by atoms with Gasteiger partial charge in [-0.2, -0.15) is 4.99 Å². The molecule has 0 saturated carbocycles. The third-order valence-electron chi connectivity index (χ3n) is 1.52. The first-order valence-electron chi connectivity index (χ1n) is 3.59. The van der Waals surface area contributed by atoms with E-state index in [0.717, 1.165) is 11.4 Å². The molecular weight excluding hydrogens is 168 g/mol. The summed E-state index contributed by atoms with van der Waals surface area (Å²) in [5.74, 6) is 0. The molecule has 0 aliphatic rings. The second-order valence-electron chi connectivity index (χ2n) is 2.62. The molecule has 62 valence electrons. The molecule has 0 unspecified atom stereocenters. The second-order valence-corrected chi connectivity index (χ2v) is 2.80. The molecule has 0 heterocycles. The summed E-state index contributed by atoms with van der Waals surface area (Å²) in [6.45, 7) is 0. The zero-order valence-corrected chi connectivity index (χ0v) is 7.93. The number of nitrogens with zero attached hydrogens (tertiary/aromatic N) is 2. The van der Waals surface area contributed by atoms with Gasteiger partial charge in [0.25, 0.3) is 0 Å². The van der Waals surface area contributed by atoms with Crippen molar-refractivity contribution in [2.24, 2.45) is 4.99 Å². The van der Waals surface area contributed by atoms with Gasteiger partial charge in [0, 0.05) is 19.8 Å². The standard InChI is InChI=1S/C9H10N2S/c1-11(2)9-5-3-4-8(6-9)10-7-12/h3-6H,1-2H3. The Morgan fingerprint density at radius 2 is 2.17 bits per heavy atom. The molecule has 1 aromatic rings. The molecule has 3 heteroatoms. The Bertz CT molecular complexity index is 314. The highest BCUT2D eigenvalue weighted by atomic mass is 32.1. The maximum Gasteiger partial charge on any atom is 0.0760 e. The monoisotopic (exact) mass is 178 g/mol. The topological polar surface area (TPSA) is 15.6 Å². The zero-order valence-electron chi connectivity index (χ0n) is 7.11. The molecule has 1 aromatic carbocycles. The summed E-state index contributed by atoms with van der Waals surface area (Å²) in [6.07, 6.45) is 0.